The van der Waals surface area contributed by atoms with Crippen LogP contribution in [0, 0.1) is 18.8 Å². The molecule has 33 heavy (non-hydrogen) atoms. The van der Waals surface area contributed by atoms with Gasteiger partial charge in [-0.15, -0.1) is 0 Å². The maximum Gasteiger partial charge on any atom is 0.250 e. The summed E-state index contributed by atoms with van der Waals surface area (Å²) in [5.74, 6) is -3.01. The minimum atomic E-state index is -1.34. The van der Waals surface area contributed by atoms with Gasteiger partial charge in [-0.05, 0) is 49.9 Å². The lowest BCUT2D eigenvalue weighted by atomic mass is 9.76. The summed E-state index contributed by atoms with van der Waals surface area (Å²) in [6.07, 6.45) is 0.925. The van der Waals surface area contributed by atoms with Crippen LogP contribution in [0.25, 0.3) is 0 Å². The molecule has 8 nitrogen and oxygen atoms in total. The SMILES string of the molecule is CCC(C)N1C(=O)C2C(Cc3ccc(O)c(O)c3)NC3(C(=O)Nc4c(C)cccc43)C2C1=O. The van der Waals surface area contributed by atoms with Crippen molar-refractivity contribution in [2.45, 2.75) is 51.2 Å². The standard InChI is InChI=1S/C25H27N3O5/c1-4-13(3)28-22(31)19-16(10-14-8-9-17(29)18(30)11-14)27-25(20(19)23(28)32)15-7-5-6-12(2)21(15)26-24(25)33/h5-9,11,13,16,19-20,27,29-30H,4,10H2,1-3H3,(H,26,33). The molecule has 8 heteroatoms. The highest BCUT2D eigenvalue weighted by Gasteiger charge is 2.70. The third kappa shape index (κ3) is 2.83. The topological polar surface area (TPSA) is 119 Å². The van der Waals surface area contributed by atoms with Crippen LogP contribution in [0.5, 0.6) is 11.5 Å². The molecule has 0 bridgehead atoms. The number of carbonyl (C=O) groups excluding carboxylic acids is 3. The van der Waals surface area contributed by atoms with Gasteiger partial charge in [0.15, 0.2) is 11.5 Å². The zero-order chi connectivity index (χ0) is 23.7. The molecule has 1 spiro atoms. The number of fused-ring (bicyclic) bond motifs is 4. The summed E-state index contributed by atoms with van der Waals surface area (Å²) in [7, 11) is 0. The maximum absolute atomic E-state index is 13.7. The molecule has 3 aliphatic heterocycles. The number of hydrogen-bond acceptors (Lipinski definition) is 6. The summed E-state index contributed by atoms with van der Waals surface area (Å²) in [5.41, 5.74) is 1.59. The van der Waals surface area contributed by atoms with Crippen molar-refractivity contribution in [2.24, 2.45) is 11.8 Å². The number of benzene rings is 2. The quantitative estimate of drug-likeness (QED) is 0.420. The Morgan fingerprint density at radius 2 is 1.85 bits per heavy atom. The molecule has 0 aliphatic carbocycles. The summed E-state index contributed by atoms with van der Waals surface area (Å²) in [6.45, 7) is 5.66. The smallest absolute Gasteiger partial charge is 0.250 e. The van der Waals surface area contributed by atoms with Crippen molar-refractivity contribution in [1.82, 2.24) is 10.2 Å². The fourth-order valence-electron chi connectivity index (χ4n) is 5.74. The molecule has 0 aromatic heterocycles. The van der Waals surface area contributed by atoms with Gasteiger partial charge in [-0.1, -0.05) is 31.2 Å². The van der Waals surface area contributed by atoms with E-state index in [-0.39, 0.29) is 35.3 Å². The number of aromatic hydroxyl groups is 2. The van der Waals surface area contributed by atoms with E-state index in [1.54, 1.807) is 6.07 Å². The second-order valence-corrected chi connectivity index (χ2v) is 9.34. The zero-order valence-corrected chi connectivity index (χ0v) is 18.8. The Balaban J connectivity index is 1.64. The van der Waals surface area contributed by atoms with Crippen LogP contribution < -0.4 is 10.6 Å². The maximum atomic E-state index is 13.7. The predicted octanol–water partition coefficient (Wildman–Crippen LogP) is 2.17. The Morgan fingerprint density at radius 3 is 2.55 bits per heavy atom. The molecule has 3 heterocycles. The summed E-state index contributed by atoms with van der Waals surface area (Å²) in [5, 5.41) is 26.0. The number of hydrogen-bond donors (Lipinski definition) is 4. The number of amides is 3. The van der Waals surface area contributed by atoms with E-state index < -0.39 is 23.4 Å². The normalized spacial score (nSPS) is 28.9. The fraction of sp³-hybridized carbons (Fsp3) is 0.400. The molecule has 2 saturated heterocycles. The van der Waals surface area contributed by atoms with Crippen LogP contribution in [-0.2, 0) is 26.3 Å². The molecular formula is C25H27N3O5. The van der Waals surface area contributed by atoms with Crippen LogP contribution in [0.15, 0.2) is 36.4 Å². The van der Waals surface area contributed by atoms with Crippen molar-refractivity contribution in [3.05, 3.63) is 53.1 Å². The highest BCUT2D eigenvalue weighted by molar-refractivity contribution is 6.15. The predicted molar refractivity (Wildman–Crippen MR) is 120 cm³/mol. The Morgan fingerprint density at radius 1 is 1.09 bits per heavy atom. The number of phenolic OH excluding ortho intramolecular Hbond substituents is 2. The molecule has 0 radical (unpaired) electrons. The Labute approximate surface area is 191 Å². The molecule has 4 N–H and O–H groups in total. The number of aryl methyl sites for hydroxylation is 1. The molecule has 0 saturated carbocycles. The van der Waals surface area contributed by atoms with E-state index in [2.05, 4.69) is 10.6 Å². The molecule has 5 atom stereocenters. The van der Waals surface area contributed by atoms with E-state index in [9.17, 15) is 24.6 Å². The van der Waals surface area contributed by atoms with E-state index in [4.69, 9.17) is 0 Å². The van der Waals surface area contributed by atoms with Gasteiger partial charge in [-0.2, -0.15) is 0 Å². The first-order valence-corrected chi connectivity index (χ1v) is 11.3. The molecule has 2 aromatic carbocycles. The molecule has 172 valence electrons. The van der Waals surface area contributed by atoms with Crippen LogP contribution in [0.3, 0.4) is 0 Å². The summed E-state index contributed by atoms with van der Waals surface area (Å²) in [6, 6.07) is 9.30. The van der Waals surface area contributed by atoms with Crippen LogP contribution >= 0.6 is 0 Å². The fourth-order valence-corrected chi connectivity index (χ4v) is 5.74. The number of carbonyl (C=O) groups is 3. The van der Waals surface area contributed by atoms with Crippen molar-refractivity contribution < 1.29 is 24.6 Å². The van der Waals surface area contributed by atoms with Crippen LogP contribution in [0.1, 0.15) is 37.0 Å². The number of anilines is 1. The summed E-state index contributed by atoms with van der Waals surface area (Å²) < 4.78 is 0. The van der Waals surface area contributed by atoms with E-state index in [0.29, 0.717) is 29.7 Å². The Kier molecular flexibility index (Phi) is 4.75. The molecule has 3 aliphatic rings. The summed E-state index contributed by atoms with van der Waals surface area (Å²) in [4.78, 5) is 42.1. The number of likely N-dealkylation sites (tertiary alicyclic amines) is 1. The zero-order valence-electron chi connectivity index (χ0n) is 18.8. The molecule has 5 unspecified atom stereocenters. The van der Waals surface area contributed by atoms with Gasteiger partial charge in [0.05, 0.1) is 11.8 Å². The first-order valence-electron chi connectivity index (χ1n) is 11.3. The van der Waals surface area contributed by atoms with Crippen molar-refractivity contribution in [1.29, 1.82) is 0 Å². The van der Waals surface area contributed by atoms with Gasteiger partial charge in [-0.25, -0.2) is 0 Å². The number of phenols is 2. The second-order valence-electron chi connectivity index (χ2n) is 9.34. The summed E-state index contributed by atoms with van der Waals surface area (Å²) >= 11 is 0. The molecule has 3 amide bonds. The molecule has 2 fully saturated rings. The Hall–Kier alpha value is -3.39. The minimum Gasteiger partial charge on any atom is -0.504 e. The van der Waals surface area contributed by atoms with E-state index in [1.807, 2.05) is 39.0 Å². The van der Waals surface area contributed by atoms with E-state index in [0.717, 1.165) is 5.56 Å². The third-order valence-electron chi connectivity index (χ3n) is 7.52. The first kappa shape index (κ1) is 21.5. The lowest BCUT2D eigenvalue weighted by molar-refractivity contribution is -0.145. The van der Waals surface area contributed by atoms with Crippen molar-refractivity contribution in [2.75, 3.05) is 5.32 Å². The highest BCUT2D eigenvalue weighted by atomic mass is 16.3. The molecule has 5 rings (SSSR count). The number of nitrogens with zero attached hydrogens (tertiary/aromatic N) is 1. The van der Waals surface area contributed by atoms with Crippen molar-refractivity contribution in [3.63, 3.8) is 0 Å². The van der Waals surface area contributed by atoms with Crippen LogP contribution in [0.2, 0.25) is 0 Å². The van der Waals surface area contributed by atoms with Gasteiger partial charge in [0.25, 0.3) is 0 Å². The van der Waals surface area contributed by atoms with Gasteiger partial charge < -0.3 is 15.5 Å². The average Bonchev–Trinajstić information content (AvgIpc) is 3.36. The number of imide groups is 1. The monoisotopic (exact) mass is 449 g/mol. The number of nitrogens with one attached hydrogen (secondary N) is 2. The van der Waals surface area contributed by atoms with E-state index in [1.165, 1.54) is 17.0 Å². The first-order chi connectivity index (χ1) is 15.7. The lowest BCUT2D eigenvalue weighted by Gasteiger charge is -2.31. The molecule has 2 aromatic rings. The van der Waals surface area contributed by atoms with Crippen molar-refractivity contribution >= 4 is 23.4 Å². The number of para-hydroxylation sites is 1. The highest BCUT2D eigenvalue weighted by Crippen LogP contribution is 2.54. The van der Waals surface area contributed by atoms with Gasteiger partial charge in [0, 0.05) is 23.3 Å². The van der Waals surface area contributed by atoms with Gasteiger partial charge in [0.2, 0.25) is 17.7 Å². The third-order valence-corrected chi connectivity index (χ3v) is 7.52. The van der Waals surface area contributed by atoms with E-state index >= 15 is 0 Å². The minimum absolute atomic E-state index is 0.234. The van der Waals surface area contributed by atoms with Crippen LogP contribution in [-0.4, -0.2) is 44.9 Å². The largest absolute Gasteiger partial charge is 0.504 e. The van der Waals surface area contributed by atoms with Gasteiger partial charge in [0.1, 0.15) is 5.54 Å². The van der Waals surface area contributed by atoms with Crippen molar-refractivity contribution in [3.8, 4) is 11.5 Å². The number of rotatable bonds is 4. The second kappa shape index (κ2) is 7.31. The van der Waals surface area contributed by atoms with Gasteiger partial charge >= 0.3 is 0 Å². The lowest BCUT2D eigenvalue weighted by Crippen LogP contribution is -2.54. The Bertz CT molecular complexity index is 1190. The molecular weight excluding hydrogens is 422 g/mol. The average molecular weight is 450 g/mol. The van der Waals surface area contributed by atoms with Gasteiger partial charge in [-0.3, -0.25) is 24.6 Å². The van der Waals surface area contributed by atoms with Crippen LogP contribution in [0.4, 0.5) is 5.69 Å².